The topological polar surface area (TPSA) is 41.8 Å². The van der Waals surface area contributed by atoms with E-state index in [1.165, 1.54) is 24.5 Å². The molecule has 3 heteroatoms. The summed E-state index contributed by atoms with van der Waals surface area (Å²) in [6.07, 6.45) is 6.51. The van der Waals surface area contributed by atoms with E-state index in [9.17, 15) is 4.39 Å². The molecule has 1 saturated carbocycles. The fourth-order valence-electron chi connectivity index (χ4n) is 2.92. The summed E-state index contributed by atoms with van der Waals surface area (Å²) in [5.41, 5.74) is 8.29. The number of nitrogens with two attached hydrogens (primary N) is 1. The third kappa shape index (κ3) is 1.95. The highest BCUT2D eigenvalue weighted by atomic mass is 19.1. The van der Waals surface area contributed by atoms with Crippen LogP contribution in [0, 0.1) is 11.7 Å². The van der Waals surface area contributed by atoms with Crippen molar-refractivity contribution in [3.63, 3.8) is 0 Å². The molecule has 0 bridgehead atoms. The minimum absolute atomic E-state index is 0.172. The van der Waals surface area contributed by atoms with Crippen LogP contribution in [0.3, 0.4) is 0 Å². The molecule has 1 aromatic heterocycles. The molecule has 1 aliphatic carbocycles. The molecular weight excluding hydrogens is 215 g/mol. The molecule has 0 saturated heterocycles. The van der Waals surface area contributed by atoms with Crippen LogP contribution < -0.4 is 5.73 Å². The average Bonchev–Trinajstić information content (AvgIpc) is 2.88. The summed E-state index contributed by atoms with van der Waals surface area (Å²) in [6, 6.07) is 5.21. The number of hydrogen-bond acceptors (Lipinski definition) is 1. The van der Waals surface area contributed by atoms with Crippen LogP contribution in [-0.4, -0.2) is 11.0 Å². The van der Waals surface area contributed by atoms with E-state index in [4.69, 9.17) is 5.73 Å². The number of nitrogens with one attached hydrogen (secondary N) is 1. The van der Waals surface area contributed by atoms with Gasteiger partial charge in [0.15, 0.2) is 0 Å². The minimum atomic E-state index is -0.172. The van der Waals surface area contributed by atoms with Gasteiger partial charge in [0, 0.05) is 23.1 Å². The Kier molecular flexibility index (Phi) is 2.63. The summed E-state index contributed by atoms with van der Waals surface area (Å²) in [7, 11) is 0. The Bertz CT molecular complexity index is 532. The zero-order valence-electron chi connectivity index (χ0n) is 9.75. The van der Waals surface area contributed by atoms with Gasteiger partial charge in [0.1, 0.15) is 5.82 Å². The molecule has 2 unspecified atom stereocenters. The lowest BCUT2D eigenvalue weighted by Crippen LogP contribution is -2.25. The summed E-state index contributed by atoms with van der Waals surface area (Å²) in [5, 5.41) is 1.00. The van der Waals surface area contributed by atoms with Crippen LogP contribution in [0.25, 0.3) is 10.9 Å². The number of halogens is 1. The first-order chi connectivity index (χ1) is 8.24. The normalized spacial score (nSPS) is 24.6. The molecule has 2 nitrogen and oxygen atoms in total. The predicted molar refractivity (Wildman–Crippen MR) is 67.3 cm³/mol. The van der Waals surface area contributed by atoms with E-state index < -0.39 is 0 Å². The number of rotatable bonds is 2. The average molecular weight is 232 g/mol. The van der Waals surface area contributed by atoms with Crippen LogP contribution in [-0.2, 0) is 6.42 Å². The maximum Gasteiger partial charge on any atom is 0.123 e. The van der Waals surface area contributed by atoms with Crippen LogP contribution in [0.2, 0.25) is 0 Å². The van der Waals surface area contributed by atoms with Gasteiger partial charge in [-0.3, -0.25) is 0 Å². The van der Waals surface area contributed by atoms with Crippen molar-refractivity contribution in [2.75, 3.05) is 0 Å². The number of aromatic amines is 1. The van der Waals surface area contributed by atoms with Crippen molar-refractivity contribution in [3.8, 4) is 0 Å². The molecule has 0 radical (unpaired) electrons. The molecule has 1 heterocycles. The summed E-state index contributed by atoms with van der Waals surface area (Å²) >= 11 is 0. The fourth-order valence-corrected chi connectivity index (χ4v) is 2.92. The van der Waals surface area contributed by atoms with Gasteiger partial charge in [0.2, 0.25) is 0 Å². The molecule has 3 rings (SSSR count). The first-order valence-corrected chi connectivity index (χ1v) is 6.25. The van der Waals surface area contributed by atoms with Crippen molar-refractivity contribution in [3.05, 3.63) is 35.8 Å². The van der Waals surface area contributed by atoms with E-state index in [1.54, 1.807) is 12.1 Å². The lowest BCUT2D eigenvalue weighted by atomic mass is 9.95. The lowest BCUT2D eigenvalue weighted by molar-refractivity contribution is 0.480. The number of H-pyrrole nitrogens is 1. The second kappa shape index (κ2) is 4.15. The Morgan fingerprint density at radius 3 is 3.00 bits per heavy atom. The summed E-state index contributed by atoms with van der Waals surface area (Å²) in [5.74, 6) is 0.381. The zero-order chi connectivity index (χ0) is 11.8. The molecule has 0 spiro atoms. The van der Waals surface area contributed by atoms with Crippen molar-refractivity contribution >= 4 is 10.9 Å². The highest BCUT2D eigenvalue weighted by molar-refractivity contribution is 5.83. The van der Waals surface area contributed by atoms with E-state index >= 15 is 0 Å². The quantitative estimate of drug-likeness (QED) is 0.821. The Hall–Kier alpha value is -1.35. The lowest BCUT2D eigenvalue weighted by Gasteiger charge is -2.14. The van der Waals surface area contributed by atoms with Crippen LogP contribution in [0.5, 0.6) is 0 Å². The predicted octanol–water partition coefficient (Wildman–Crippen LogP) is 2.98. The maximum atomic E-state index is 13.2. The first-order valence-electron chi connectivity index (χ1n) is 6.25. The standard InChI is InChI=1S/C14H17FN2/c15-11-4-5-14-12(7-11)10(8-17-14)6-9-2-1-3-13(9)16/h4-5,7-9,13,17H,1-3,6,16H2. The van der Waals surface area contributed by atoms with Gasteiger partial charge >= 0.3 is 0 Å². The Morgan fingerprint density at radius 1 is 1.35 bits per heavy atom. The van der Waals surface area contributed by atoms with Gasteiger partial charge in [-0.25, -0.2) is 4.39 Å². The van der Waals surface area contributed by atoms with E-state index in [-0.39, 0.29) is 5.82 Å². The van der Waals surface area contributed by atoms with Gasteiger partial charge < -0.3 is 10.7 Å². The van der Waals surface area contributed by atoms with Gasteiger partial charge in [0.05, 0.1) is 0 Å². The molecule has 17 heavy (non-hydrogen) atoms. The molecule has 1 aromatic carbocycles. The molecule has 2 atom stereocenters. The first kappa shape index (κ1) is 10.8. The third-order valence-corrected chi connectivity index (χ3v) is 3.93. The maximum absolute atomic E-state index is 13.2. The van der Waals surface area contributed by atoms with Crippen molar-refractivity contribution in [2.45, 2.75) is 31.7 Å². The van der Waals surface area contributed by atoms with Gasteiger partial charge in [-0.15, -0.1) is 0 Å². The highest BCUT2D eigenvalue weighted by Crippen LogP contribution is 2.30. The number of fused-ring (bicyclic) bond motifs is 1. The van der Waals surface area contributed by atoms with E-state index in [1.807, 2.05) is 6.20 Å². The van der Waals surface area contributed by atoms with Crippen LogP contribution in [0.4, 0.5) is 4.39 Å². The summed E-state index contributed by atoms with van der Waals surface area (Å²) < 4.78 is 13.2. The molecule has 2 aromatic rings. The fraction of sp³-hybridized carbons (Fsp3) is 0.429. The SMILES string of the molecule is NC1CCCC1Cc1c[nH]c2ccc(F)cc12. The van der Waals surface area contributed by atoms with Crippen molar-refractivity contribution in [2.24, 2.45) is 11.7 Å². The van der Waals surface area contributed by atoms with Crippen molar-refractivity contribution < 1.29 is 4.39 Å². The molecule has 0 amide bonds. The van der Waals surface area contributed by atoms with E-state index in [0.717, 1.165) is 23.7 Å². The Balaban J connectivity index is 1.92. The molecule has 3 N–H and O–H groups in total. The molecular formula is C14H17FN2. The molecule has 1 fully saturated rings. The zero-order valence-corrected chi connectivity index (χ0v) is 9.75. The van der Waals surface area contributed by atoms with Crippen molar-refractivity contribution in [1.29, 1.82) is 0 Å². The van der Waals surface area contributed by atoms with Crippen molar-refractivity contribution in [1.82, 2.24) is 4.98 Å². The third-order valence-electron chi connectivity index (χ3n) is 3.93. The van der Waals surface area contributed by atoms with Gasteiger partial charge in [-0.1, -0.05) is 6.42 Å². The second-order valence-electron chi connectivity index (χ2n) is 5.06. The number of hydrogen-bond donors (Lipinski definition) is 2. The number of aromatic nitrogens is 1. The van der Waals surface area contributed by atoms with E-state index in [0.29, 0.717) is 12.0 Å². The van der Waals surface area contributed by atoms with Gasteiger partial charge in [-0.2, -0.15) is 0 Å². The molecule has 90 valence electrons. The highest BCUT2D eigenvalue weighted by Gasteiger charge is 2.24. The second-order valence-corrected chi connectivity index (χ2v) is 5.06. The van der Waals surface area contributed by atoms with E-state index in [2.05, 4.69) is 4.98 Å². The Morgan fingerprint density at radius 2 is 2.24 bits per heavy atom. The monoisotopic (exact) mass is 232 g/mol. The summed E-state index contributed by atoms with van der Waals surface area (Å²) in [4.78, 5) is 3.20. The largest absolute Gasteiger partial charge is 0.361 e. The molecule has 1 aliphatic rings. The van der Waals surface area contributed by atoms with Gasteiger partial charge in [0.25, 0.3) is 0 Å². The van der Waals surface area contributed by atoms with Crippen LogP contribution in [0.15, 0.2) is 24.4 Å². The summed E-state index contributed by atoms with van der Waals surface area (Å²) in [6.45, 7) is 0. The van der Waals surface area contributed by atoms with Gasteiger partial charge in [-0.05, 0) is 48.9 Å². The Labute approximate surface area is 100 Å². The number of benzene rings is 1. The molecule has 0 aliphatic heterocycles. The van der Waals surface area contributed by atoms with Crippen LogP contribution >= 0.6 is 0 Å². The smallest absolute Gasteiger partial charge is 0.123 e. The van der Waals surface area contributed by atoms with Crippen LogP contribution in [0.1, 0.15) is 24.8 Å². The minimum Gasteiger partial charge on any atom is -0.361 e.